The zero-order chi connectivity index (χ0) is 16.2. The van der Waals surface area contributed by atoms with Crippen LogP contribution >= 0.6 is 0 Å². The predicted molar refractivity (Wildman–Crippen MR) is 93.5 cm³/mol. The van der Waals surface area contributed by atoms with Crippen LogP contribution in [0.5, 0.6) is 0 Å². The van der Waals surface area contributed by atoms with Crippen molar-refractivity contribution in [1.82, 2.24) is 14.9 Å². The molecule has 0 amide bonds. The Kier molecular flexibility index (Phi) is 5.62. The van der Waals surface area contributed by atoms with E-state index in [2.05, 4.69) is 65.8 Å². The summed E-state index contributed by atoms with van der Waals surface area (Å²) in [5, 5.41) is 3.42. The van der Waals surface area contributed by atoms with Gasteiger partial charge in [0.25, 0.3) is 0 Å². The van der Waals surface area contributed by atoms with E-state index in [1.807, 2.05) is 0 Å². The van der Waals surface area contributed by atoms with Gasteiger partial charge >= 0.3 is 0 Å². The summed E-state index contributed by atoms with van der Waals surface area (Å²) in [6, 6.07) is 2.73. The van der Waals surface area contributed by atoms with E-state index < -0.39 is 0 Å². The lowest BCUT2D eigenvalue weighted by molar-refractivity contribution is 0.232. The lowest BCUT2D eigenvalue weighted by Crippen LogP contribution is -2.37. The molecule has 1 aromatic rings. The van der Waals surface area contributed by atoms with Crippen LogP contribution in [0, 0.1) is 5.41 Å². The molecule has 22 heavy (non-hydrogen) atoms. The summed E-state index contributed by atoms with van der Waals surface area (Å²) in [4.78, 5) is 13.7. The van der Waals surface area contributed by atoms with E-state index in [4.69, 9.17) is 0 Å². The molecule has 2 heterocycles. The van der Waals surface area contributed by atoms with Gasteiger partial charge in [-0.1, -0.05) is 34.6 Å². The minimum Gasteiger partial charge on any atom is -0.369 e. The normalized spacial score (nSPS) is 19.0. The first-order valence-corrected chi connectivity index (χ1v) is 8.48. The molecule has 1 N–H and O–H groups in total. The van der Waals surface area contributed by atoms with E-state index in [-0.39, 0.29) is 5.41 Å². The minimum absolute atomic E-state index is 0.243. The quantitative estimate of drug-likeness (QED) is 0.875. The van der Waals surface area contributed by atoms with Crippen LogP contribution < -0.4 is 10.2 Å². The molecular weight excluding hydrogens is 274 g/mol. The Labute approximate surface area is 135 Å². The summed E-state index contributed by atoms with van der Waals surface area (Å²) in [6.07, 6.45) is 2.89. The molecule has 1 fully saturated rings. The second kappa shape index (κ2) is 7.27. The van der Waals surface area contributed by atoms with Gasteiger partial charge in [0.15, 0.2) is 0 Å². The Bertz CT molecular complexity index is 464. The van der Waals surface area contributed by atoms with Gasteiger partial charge in [0.1, 0.15) is 18.0 Å². The van der Waals surface area contributed by atoms with Crippen LogP contribution in [0.1, 0.15) is 41.0 Å². The van der Waals surface area contributed by atoms with E-state index in [0.29, 0.717) is 6.04 Å². The largest absolute Gasteiger partial charge is 0.369 e. The Morgan fingerprint density at radius 1 is 1.27 bits per heavy atom. The van der Waals surface area contributed by atoms with Crippen molar-refractivity contribution >= 4 is 11.6 Å². The molecule has 5 heteroatoms. The highest BCUT2D eigenvalue weighted by molar-refractivity contribution is 5.49. The molecule has 1 unspecified atom stereocenters. The van der Waals surface area contributed by atoms with Crippen molar-refractivity contribution in [2.75, 3.05) is 42.9 Å². The minimum atomic E-state index is 0.243. The van der Waals surface area contributed by atoms with Gasteiger partial charge in [-0.25, -0.2) is 9.97 Å². The highest BCUT2D eigenvalue weighted by Gasteiger charge is 2.27. The van der Waals surface area contributed by atoms with Crippen LogP contribution in [0.25, 0.3) is 0 Å². The standard InChI is InChI=1S/C17H31N5/c1-6-21(7-2)14-8-9-22(11-14)16-10-15(19-13-20-16)18-12-17(3,4)5/h10,13-14H,6-9,11-12H2,1-5H3,(H,18,19,20). The third-order valence-corrected chi connectivity index (χ3v) is 4.27. The summed E-state index contributed by atoms with van der Waals surface area (Å²) in [7, 11) is 0. The number of hydrogen-bond acceptors (Lipinski definition) is 5. The Morgan fingerprint density at radius 3 is 2.64 bits per heavy atom. The van der Waals surface area contributed by atoms with Gasteiger partial charge < -0.3 is 10.2 Å². The molecule has 0 spiro atoms. The van der Waals surface area contributed by atoms with Gasteiger partial charge in [-0.15, -0.1) is 0 Å². The molecule has 0 aromatic carbocycles. The number of hydrogen-bond donors (Lipinski definition) is 1. The van der Waals surface area contributed by atoms with E-state index >= 15 is 0 Å². The van der Waals surface area contributed by atoms with Crippen LogP contribution in [0.15, 0.2) is 12.4 Å². The van der Waals surface area contributed by atoms with Crippen LogP contribution in [0.2, 0.25) is 0 Å². The maximum atomic E-state index is 4.47. The van der Waals surface area contributed by atoms with Gasteiger partial charge in [0, 0.05) is 31.7 Å². The van der Waals surface area contributed by atoms with Gasteiger partial charge in [-0.2, -0.15) is 0 Å². The Morgan fingerprint density at radius 2 is 2.00 bits per heavy atom. The van der Waals surface area contributed by atoms with Crippen molar-refractivity contribution in [3.63, 3.8) is 0 Å². The third-order valence-electron chi connectivity index (χ3n) is 4.27. The smallest absolute Gasteiger partial charge is 0.134 e. The highest BCUT2D eigenvalue weighted by atomic mass is 15.3. The monoisotopic (exact) mass is 305 g/mol. The average molecular weight is 305 g/mol. The number of rotatable bonds is 6. The summed E-state index contributed by atoms with van der Waals surface area (Å²) in [6.45, 7) is 16.4. The number of nitrogens with zero attached hydrogens (tertiary/aromatic N) is 4. The summed E-state index contributed by atoms with van der Waals surface area (Å²) in [5.41, 5.74) is 0.243. The SMILES string of the molecule is CCN(CC)C1CCN(c2cc(NCC(C)(C)C)ncn2)C1. The fourth-order valence-corrected chi connectivity index (χ4v) is 2.96. The van der Waals surface area contributed by atoms with Crippen molar-refractivity contribution in [2.24, 2.45) is 5.41 Å². The molecule has 1 aromatic heterocycles. The van der Waals surface area contributed by atoms with Crippen molar-refractivity contribution < 1.29 is 0 Å². The van der Waals surface area contributed by atoms with E-state index in [1.54, 1.807) is 6.33 Å². The van der Waals surface area contributed by atoms with Gasteiger partial charge in [-0.3, -0.25) is 4.90 Å². The van der Waals surface area contributed by atoms with Gasteiger partial charge in [-0.05, 0) is 24.9 Å². The van der Waals surface area contributed by atoms with Crippen molar-refractivity contribution in [1.29, 1.82) is 0 Å². The molecule has 0 bridgehead atoms. The topological polar surface area (TPSA) is 44.3 Å². The second-order valence-electron chi connectivity index (χ2n) is 7.29. The molecule has 0 aliphatic carbocycles. The fraction of sp³-hybridized carbons (Fsp3) is 0.765. The fourth-order valence-electron chi connectivity index (χ4n) is 2.96. The highest BCUT2D eigenvalue weighted by Crippen LogP contribution is 2.23. The molecule has 0 radical (unpaired) electrons. The molecule has 124 valence electrons. The number of aromatic nitrogens is 2. The maximum absolute atomic E-state index is 4.47. The molecule has 1 saturated heterocycles. The predicted octanol–water partition coefficient (Wildman–Crippen LogP) is 2.86. The van der Waals surface area contributed by atoms with Crippen molar-refractivity contribution in [3.8, 4) is 0 Å². The molecule has 0 saturated carbocycles. The van der Waals surface area contributed by atoms with Crippen molar-refractivity contribution in [3.05, 3.63) is 12.4 Å². The van der Waals surface area contributed by atoms with E-state index in [0.717, 1.165) is 44.4 Å². The van der Waals surface area contributed by atoms with Crippen LogP contribution in [-0.4, -0.2) is 53.6 Å². The molecular formula is C17H31N5. The molecule has 2 rings (SSSR count). The van der Waals surface area contributed by atoms with E-state index in [1.165, 1.54) is 6.42 Å². The first kappa shape index (κ1) is 17.0. The average Bonchev–Trinajstić information content (AvgIpc) is 2.96. The van der Waals surface area contributed by atoms with Crippen molar-refractivity contribution in [2.45, 2.75) is 47.1 Å². The van der Waals surface area contributed by atoms with Crippen LogP contribution in [-0.2, 0) is 0 Å². The maximum Gasteiger partial charge on any atom is 0.134 e. The first-order valence-electron chi connectivity index (χ1n) is 8.48. The number of nitrogens with one attached hydrogen (secondary N) is 1. The summed E-state index contributed by atoms with van der Waals surface area (Å²) < 4.78 is 0. The molecule has 5 nitrogen and oxygen atoms in total. The van der Waals surface area contributed by atoms with Gasteiger partial charge in [0.05, 0.1) is 0 Å². The van der Waals surface area contributed by atoms with Gasteiger partial charge in [0.2, 0.25) is 0 Å². The summed E-state index contributed by atoms with van der Waals surface area (Å²) >= 11 is 0. The lowest BCUT2D eigenvalue weighted by atomic mass is 9.97. The Balaban J connectivity index is 1.98. The number of anilines is 2. The first-order chi connectivity index (χ1) is 10.4. The molecule has 1 aliphatic rings. The zero-order valence-corrected chi connectivity index (χ0v) is 14.8. The molecule has 1 aliphatic heterocycles. The van der Waals surface area contributed by atoms with Crippen LogP contribution in [0.4, 0.5) is 11.6 Å². The number of likely N-dealkylation sites (N-methyl/N-ethyl adjacent to an activating group) is 1. The van der Waals surface area contributed by atoms with Crippen LogP contribution in [0.3, 0.4) is 0 Å². The second-order valence-corrected chi connectivity index (χ2v) is 7.29. The zero-order valence-electron chi connectivity index (χ0n) is 14.8. The lowest BCUT2D eigenvalue weighted by Gasteiger charge is -2.26. The molecule has 1 atom stereocenters. The summed E-state index contributed by atoms with van der Waals surface area (Å²) in [5.74, 6) is 1.97. The Hall–Kier alpha value is -1.36. The van der Waals surface area contributed by atoms with E-state index in [9.17, 15) is 0 Å². The third kappa shape index (κ3) is 4.57.